The first kappa shape index (κ1) is 20.7. The molecule has 0 fully saturated rings. The van der Waals surface area contributed by atoms with Gasteiger partial charge in [0.1, 0.15) is 12.0 Å². The zero-order valence-corrected chi connectivity index (χ0v) is 17.4. The smallest absolute Gasteiger partial charge is 0.318 e. The predicted octanol–water partition coefficient (Wildman–Crippen LogP) is 5.43. The highest BCUT2D eigenvalue weighted by Gasteiger charge is 2.27. The third kappa shape index (κ3) is 5.99. The first-order valence-corrected chi connectivity index (χ1v) is 10.0. The van der Waals surface area contributed by atoms with Crippen molar-refractivity contribution in [2.45, 2.75) is 63.6 Å². The van der Waals surface area contributed by atoms with Crippen LogP contribution < -0.4 is 0 Å². The van der Waals surface area contributed by atoms with Crippen LogP contribution in [0.25, 0.3) is 10.2 Å². The maximum atomic E-state index is 11.5. The Morgan fingerprint density at radius 2 is 1.88 bits per heavy atom. The zero-order chi connectivity index (χ0) is 19.5. The number of hydrogen-bond donors (Lipinski definition) is 1. The van der Waals surface area contributed by atoms with Crippen molar-refractivity contribution in [3.8, 4) is 0 Å². The third-order valence-corrected chi connectivity index (χ3v) is 5.64. The van der Waals surface area contributed by atoms with Gasteiger partial charge in [0.25, 0.3) is 0 Å². The van der Waals surface area contributed by atoms with Crippen LogP contribution in [0.3, 0.4) is 0 Å². The van der Waals surface area contributed by atoms with Crippen LogP contribution in [-0.4, -0.2) is 22.0 Å². The molecule has 0 unspecified atom stereocenters. The highest BCUT2D eigenvalue weighted by molar-refractivity contribution is 7.97. The molecule has 1 heterocycles. The number of thiazole rings is 1. The summed E-state index contributed by atoms with van der Waals surface area (Å²) in [6.45, 7) is 11.2. The molecule has 0 amide bonds. The molecule has 1 aromatic heterocycles. The Morgan fingerprint density at radius 3 is 2.50 bits per heavy atom. The maximum absolute atomic E-state index is 11.5. The number of fused-ring (bicyclic) bond motifs is 1. The second kappa shape index (κ2) is 7.96. The second-order valence-electron chi connectivity index (χ2n) is 8.22. The van der Waals surface area contributed by atoms with Gasteiger partial charge in [0.05, 0.1) is 23.1 Å². The normalized spacial score (nSPS) is 12.3. The molecule has 0 radical (unpaired) electrons. The lowest BCUT2D eigenvalue weighted by molar-refractivity contribution is -0.141. The summed E-state index contributed by atoms with van der Waals surface area (Å²) in [6.07, 6.45) is 0.691. The van der Waals surface area contributed by atoms with E-state index in [0.29, 0.717) is 4.34 Å². The van der Waals surface area contributed by atoms with Gasteiger partial charge < -0.3 is 9.29 Å². The van der Waals surface area contributed by atoms with Crippen molar-refractivity contribution in [1.29, 1.82) is 0 Å². The van der Waals surface area contributed by atoms with Gasteiger partial charge in [0, 0.05) is 0 Å². The summed E-state index contributed by atoms with van der Waals surface area (Å²) in [6, 6.07) is 6.28. The first-order valence-electron chi connectivity index (χ1n) is 8.46. The molecule has 0 aliphatic rings. The van der Waals surface area contributed by atoms with E-state index < -0.39 is 11.9 Å². The molecule has 0 atom stereocenters. The quantitative estimate of drug-likeness (QED) is 0.630. The Hall–Kier alpha value is -1.60. The summed E-state index contributed by atoms with van der Waals surface area (Å²) in [5, 5.41) is 8.58. The Balaban J connectivity index is 2.09. The summed E-state index contributed by atoms with van der Waals surface area (Å²) in [5.74, 6) is -1.57. The number of carbonyl (C=O) groups is 2. The van der Waals surface area contributed by atoms with Crippen LogP contribution in [0.1, 0.15) is 59.4 Å². The Bertz CT molecular complexity index is 805. The molecule has 2 rings (SSSR count). The minimum Gasteiger partial charge on any atom is -0.481 e. The van der Waals surface area contributed by atoms with Crippen molar-refractivity contribution in [2.24, 2.45) is 5.41 Å². The summed E-state index contributed by atoms with van der Waals surface area (Å²) < 4.78 is 6.72. The zero-order valence-electron chi connectivity index (χ0n) is 15.8. The van der Waals surface area contributed by atoms with Crippen molar-refractivity contribution in [3.63, 3.8) is 0 Å². The minimum atomic E-state index is -1.02. The average Bonchev–Trinajstić information content (AvgIpc) is 2.90. The highest BCUT2D eigenvalue weighted by atomic mass is 32.2. The van der Waals surface area contributed by atoms with Gasteiger partial charge >= 0.3 is 11.9 Å². The average molecular weight is 396 g/mol. The van der Waals surface area contributed by atoms with E-state index in [1.54, 1.807) is 0 Å². The van der Waals surface area contributed by atoms with Crippen LogP contribution in [0.15, 0.2) is 22.5 Å². The van der Waals surface area contributed by atoms with Gasteiger partial charge in [0.15, 0.2) is 4.34 Å². The monoisotopic (exact) mass is 395 g/mol. The topological polar surface area (TPSA) is 76.5 Å². The van der Waals surface area contributed by atoms with Gasteiger partial charge in [-0.25, -0.2) is 4.98 Å². The van der Waals surface area contributed by atoms with Crippen LogP contribution in [-0.2, 0) is 19.2 Å². The van der Waals surface area contributed by atoms with E-state index in [2.05, 4.69) is 51.7 Å². The van der Waals surface area contributed by atoms with E-state index in [1.165, 1.54) is 16.9 Å². The van der Waals surface area contributed by atoms with E-state index in [-0.39, 0.29) is 23.7 Å². The number of carboxylic acids is 1. The lowest BCUT2D eigenvalue weighted by atomic mass is 9.72. The van der Waals surface area contributed by atoms with Crippen LogP contribution in [0.4, 0.5) is 0 Å². The molecule has 0 aliphatic carbocycles. The number of rotatable bonds is 7. The number of nitrogens with zero attached hydrogens (tertiary/aromatic N) is 1. The number of carbonyl (C=O) groups excluding carboxylic acids is 1. The van der Waals surface area contributed by atoms with E-state index in [1.807, 2.05) is 6.07 Å². The van der Waals surface area contributed by atoms with Crippen LogP contribution in [0, 0.1) is 5.41 Å². The maximum Gasteiger partial charge on any atom is 0.318 e. The van der Waals surface area contributed by atoms with Crippen molar-refractivity contribution >= 4 is 45.5 Å². The summed E-state index contributed by atoms with van der Waals surface area (Å²) in [7, 11) is 0. The van der Waals surface area contributed by atoms with E-state index in [4.69, 9.17) is 9.29 Å². The molecule has 1 aromatic carbocycles. The molecule has 0 saturated heterocycles. The van der Waals surface area contributed by atoms with E-state index in [0.717, 1.165) is 28.7 Å². The number of benzene rings is 1. The molecule has 2 aromatic rings. The number of aromatic nitrogens is 1. The van der Waals surface area contributed by atoms with Crippen LogP contribution in [0.2, 0.25) is 0 Å². The van der Waals surface area contributed by atoms with Gasteiger partial charge in [0.2, 0.25) is 0 Å². The lowest BCUT2D eigenvalue weighted by Crippen LogP contribution is -2.24. The molecule has 0 bridgehead atoms. The highest BCUT2D eigenvalue weighted by Crippen LogP contribution is 2.39. The van der Waals surface area contributed by atoms with Crippen molar-refractivity contribution in [2.75, 3.05) is 0 Å². The van der Waals surface area contributed by atoms with Gasteiger partial charge in [-0.2, -0.15) is 0 Å². The Morgan fingerprint density at radius 1 is 1.19 bits per heavy atom. The van der Waals surface area contributed by atoms with E-state index >= 15 is 0 Å². The van der Waals surface area contributed by atoms with Crippen LogP contribution >= 0.6 is 23.4 Å². The molecular weight excluding hydrogens is 370 g/mol. The fraction of sp³-hybridized carbons (Fsp3) is 0.526. The first-order chi connectivity index (χ1) is 12.0. The van der Waals surface area contributed by atoms with Gasteiger partial charge in [-0.15, -0.1) is 11.3 Å². The number of hydrogen-bond acceptors (Lipinski definition) is 6. The number of carboxylic acid groups (broad SMARTS) is 1. The van der Waals surface area contributed by atoms with Gasteiger partial charge in [-0.05, 0) is 34.9 Å². The van der Waals surface area contributed by atoms with Crippen molar-refractivity contribution in [1.82, 2.24) is 4.98 Å². The SMILES string of the molecule is CC(C)(C)CC(C)(C)c1ccc2nc(SOC(=O)CCC(=O)O)sc2c1. The standard InChI is InChI=1S/C19H25NO4S2/c1-18(2,3)11-19(4,5)12-6-7-13-14(10-12)25-17(20-13)26-24-16(23)9-8-15(21)22/h6-7,10H,8-9,11H2,1-5H3,(H,21,22). The molecule has 5 nitrogen and oxygen atoms in total. The summed E-state index contributed by atoms with van der Waals surface area (Å²) in [4.78, 5) is 26.5. The molecule has 0 saturated carbocycles. The summed E-state index contributed by atoms with van der Waals surface area (Å²) in [5.41, 5.74) is 2.41. The lowest BCUT2D eigenvalue weighted by Gasteiger charge is -2.33. The van der Waals surface area contributed by atoms with Crippen molar-refractivity contribution < 1.29 is 18.9 Å². The fourth-order valence-corrected chi connectivity index (χ4v) is 4.75. The van der Waals surface area contributed by atoms with E-state index in [9.17, 15) is 9.59 Å². The second-order valence-corrected chi connectivity index (χ2v) is 10.2. The largest absolute Gasteiger partial charge is 0.481 e. The number of aliphatic carboxylic acids is 1. The van der Waals surface area contributed by atoms with Crippen molar-refractivity contribution in [3.05, 3.63) is 23.8 Å². The minimum absolute atomic E-state index is 0.0486. The fourth-order valence-electron chi connectivity index (χ4n) is 3.12. The predicted molar refractivity (Wildman–Crippen MR) is 106 cm³/mol. The Labute approximate surface area is 162 Å². The molecule has 1 N–H and O–H groups in total. The molecule has 0 spiro atoms. The van der Waals surface area contributed by atoms with Gasteiger partial charge in [-0.3, -0.25) is 9.59 Å². The van der Waals surface area contributed by atoms with Gasteiger partial charge in [-0.1, -0.05) is 40.7 Å². The molecular formula is C19H25NO4S2. The molecule has 0 aliphatic heterocycles. The Kier molecular flexibility index (Phi) is 6.34. The third-order valence-electron chi connectivity index (χ3n) is 3.87. The molecule has 7 heteroatoms. The molecule has 142 valence electrons. The summed E-state index contributed by atoms with van der Waals surface area (Å²) >= 11 is 2.36. The van der Waals surface area contributed by atoms with Crippen LogP contribution in [0.5, 0.6) is 0 Å². The molecule has 26 heavy (non-hydrogen) atoms.